The van der Waals surface area contributed by atoms with Gasteiger partial charge in [-0.1, -0.05) is 35.9 Å². The first-order chi connectivity index (χ1) is 18.5. The molecular formula is C30H22ClN5O2. The molecule has 3 aromatic carbocycles. The number of ether oxygens (including phenoxy) is 1. The molecule has 2 heterocycles. The van der Waals surface area contributed by atoms with Gasteiger partial charge in [-0.15, -0.1) is 0 Å². The number of hydrogen-bond acceptors (Lipinski definition) is 6. The van der Waals surface area contributed by atoms with Gasteiger partial charge in [0, 0.05) is 34.7 Å². The zero-order chi connectivity index (χ0) is 26.5. The van der Waals surface area contributed by atoms with Crippen LogP contribution in [0.25, 0.3) is 10.9 Å². The third-order valence-corrected chi connectivity index (χ3v) is 6.22. The van der Waals surface area contributed by atoms with E-state index in [2.05, 4.69) is 26.7 Å². The van der Waals surface area contributed by atoms with E-state index in [1.54, 1.807) is 30.5 Å². The summed E-state index contributed by atoms with van der Waals surface area (Å²) in [6.07, 6.45) is 3.23. The second-order valence-electron chi connectivity index (χ2n) is 8.54. The largest absolute Gasteiger partial charge is 0.486 e. The number of benzene rings is 3. The Morgan fingerprint density at radius 2 is 1.84 bits per heavy atom. The van der Waals surface area contributed by atoms with Crippen LogP contribution >= 0.6 is 11.6 Å². The number of anilines is 3. The van der Waals surface area contributed by atoms with Crippen molar-refractivity contribution in [1.82, 2.24) is 9.97 Å². The van der Waals surface area contributed by atoms with Gasteiger partial charge in [-0.25, -0.2) is 0 Å². The zero-order valence-corrected chi connectivity index (χ0v) is 21.2. The monoisotopic (exact) mass is 519 g/mol. The van der Waals surface area contributed by atoms with Crippen LogP contribution in [-0.4, -0.2) is 15.9 Å². The second kappa shape index (κ2) is 11.0. The first-order valence-corrected chi connectivity index (χ1v) is 12.2. The predicted molar refractivity (Wildman–Crippen MR) is 149 cm³/mol. The third kappa shape index (κ3) is 5.41. The molecule has 0 aliphatic rings. The van der Waals surface area contributed by atoms with Crippen LogP contribution in [-0.2, 0) is 6.61 Å². The number of aryl methyl sites for hydroxylation is 1. The van der Waals surface area contributed by atoms with Crippen LogP contribution in [0.5, 0.6) is 5.75 Å². The Hall–Kier alpha value is -4.93. The summed E-state index contributed by atoms with van der Waals surface area (Å²) < 4.78 is 5.82. The molecule has 0 saturated heterocycles. The Kier molecular flexibility index (Phi) is 7.16. The number of fused-ring (bicyclic) bond motifs is 1. The van der Waals surface area contributed by atoms with E-state index in [1.165, 1.54) is 6.20 Å². The molecule has 0 saturated carbocycles. The summed E-state index contributed by atoms with van der Waals surface area (Å²) in [5.41, 5.74) is 5.08. The molecule has 0 unspecified atom stereocenters. The summed E-state index contributed by atoms with van der Waals surface area (Å²) >= 11 is 6.51. The first-order valence-electron chi connectivity index (χ1n) is 11.8. The number of carbonyl (C=O) groups is 1. The molecule has 0 fully saturated rings. The number of nitrogens with zero attached hydrogens (tertiary/aromatic N) is 3. The Labute approximate surface area is 224 Å². The lowest BCUT2D eigenvalue weighted by Crippen LogP contribution is -2.12. The number of halogens is 1. The summed E-state index contributed by atoms with van der Waals surface area (Å²) in [4.78, 5) is 21.5. The van der Waals surface area contributed by atoms with Crippen molar-refractivity contribution in [3.63, 3.8) is 0 Å². The molecular weight excluding hydrogens is 498 g/mol. The van der Waals surface area contributed by atoms with Crippen molar-refractivity contribution in [2.24, 2.45) is 0 Å². The molecule has 7 nitrogen and oxygen atoms in total. The van der Waals surface area contributed by atoms with Crippen LogP contribution < -0.4 is 15.4 Å². The van der Waals surface area contributed by atoms with Crippen LogP contribution in [0.15, 0.2) is 91.3 Å². The van der Waals surface area contributed by atoms with Gasteiger partial charge in [-0.3, -0.25) is 14.8 Å². The normalized spacial score (nSPS) is 10.6. The maximum absolute atomic E-state index is 12.8. The van der Waals surface area contributed by atoms with Crippen molar-refractivity contribution in [2.45, 2.75) is 13.5 Å². The number of aromatic nitrogens is 2. The van der Waals surface area contributed by atoms with Crippen LogP contribution in [0.1, 0.15) is 27.2 Å². The van der Waals surface area contributed by atoms with E-state index in [4.69, 9.17) is 16.3 Å². The molecule has 8 heteroatoms. The minimum atomic E-state index is -0.222. The fraction of sp³-hybridized carbons (Fsp3) is 0.0667. The average Bonchev–Trinajstić information content (AvgIpc) is 2.94. The Balaban J connectivity index is 1.44. The molecule has 5 aromatic rings. The lowest BCUT2D eigenvalue weighted by molar-refractivity contribution is 0.102. The average molecular weight is 520 g/mol. The molecule has 2 N–H and O–H groups in total. The number of pyridine rings is 2. The van der Waals surface area contributed by atoms with E-state index >= 15 is 0 Å². The molecule has 0 aliphatic heterocycles. The maximum Gasteiger partial charge on any atom is 0.255 e. The highest BCUT2D eigenvalue weighted by molar-refractivity contribution is 6.32. The zero-order valence-electron chi connectivity index (χ0n) is 20.4. The van der Waals surface area contributed by atoms with E-state index in [9.17, 15) is 10.1 Å². The van der Waals surface area contributed by atoms with Gasteiger partial charge in [0.2, 0.25) is 0 Å². The van der Waals surface area contributed by atoms with E-state index < -0.39 is 0 Å². The smallest absolute Gasteiger partial charge is 0.255 e. The molecule has 186 valence electrons. The van der Waals surface area contributed by atoms with E-state index in [0.717, 1.165) is 11.3 Å². The molecule has 0 aliphatic carbocycles. The maximum atomic E-state index is 12.8. The highest BCUT2D eigenvalue weighted by atomic mass is 35.5. The standard InChI is InChI=1S/C30H22ClN5O2/c1-19-13-27-24(15-26(19)36-30(37)20-7-3-2-4-8-20)29(21(16-32)17-34-27)35-22-10-11-28(25(31)14-22)38-18-23-9-5-6-12-33-23/h2-15,17H,18H2,1H3,(H,34,35)(H,36,37). The van der Waals surface area contributed by atoms with Gasteiger partial charge in [0.25, 0.3) is 5.91 Å². The van der Waals surface area contributed by atoms with Crippen molar-refractivity contribution >= 4 is 45.5 Å². The van der Waals surface area contributed by atoms with Crippen LogP contribution in [0, 0.1) is 18.3 Å². The molecule has 2 aromatic heterocycles. The number of amides is 1. The van der Waals surface area contributed by atoms with Crippen LogP contribution in [0.2, 0.25) is 5.02 Å². The summed E-state index contributed by atoms with van der Waals surface area (Å²) in [5.74, 6) is 0.296. The number of nitrogens with one attached hydrogen (secondary N) is 2. The third-order valence-electron chi connectivity index (χ3n) is 5.92. The fourth-order valence-corrected chi connectivity index (χ4v) is 4.19. The quantitative estimate of drug-likeness (QED) is 0.239. The van der Waals surface area contributed by atoms with Gasteiger partial charge < -0.3 is 15.4 Å². The fourth-order valence-electron chi connectivity index (χ4n) is 3.96. The van der Waals surface area contributed by atoms with Gasteiger partial charge in [-0.05, 0) is 67.1 Å². The summed E-state index contributed by atoms with van der Waals surface area (Å²) in [7, 11) is 0. The minimum Gasteiger partial charge on any atom is -0.486 e. The lowest BCUT2D eigenvalue weighted by atomic mass is 10.0. The topological polar surface area (TPSA) is 99.9 Å². The second-order valence-corrected chi connectivity index (χ2v) is 8.95. The molecule has 5 rings (SSSR count). The van der Waals surface area contributed by atoms with Crippen LogP contribution in [0.3, 0.4) is 0 Å². The van der Waals surface area contributed by atoms with E-state index in [-0.39, 0.29) is 12.5 Å². The minimum absolute atomic E-state index is 0.222. The van der Waals surface area contributed by atoms with Crippen LogP contribution in [0.4, 0.5) is 17.1 Å². The lowest BCUT2D eigenvalue weighted by Gasteiger charge is -2.16. The Bertz CT molecular complexity index is 1670. The molecule has 0 atom stereocenters. The number of nitriles is 1. The Morgan fingerprint density at radius 1 is 1.03 bits per heavy atom. The summed E-state index contributed by atoms with van der Waals surface area (Å²) in [6, 6.07) is 25.8. The number of carbonyl (C=O) groups excluding carboxylic acids is 1. The molecule has 0 spiro atoms. The summed E-state index contributed by atoms with van der Waals surface area (Å²) in [5, 5.41) is 17.2. The van der Waals surface area contributed by atoms with Crippen molar-refractivity contribution in [3.8, 4) is 11.8 Å². The van der Waals surface area contributed by atoms with Crippen molar-refractivity contribution in [3.05, 3.63) is 119 Å². The first kappa shape index (κ1) is 24.8. The SMILES string of the molecule is Cc1cc2ncc(C#N)c(Nc3ccc(OCc4ccccn4)c(Cl)c3)c2cc1NC(=O)c1ccccc1. The van der Waals surface area contributed by atoms with Gasteiger partial charge in [0.1, 0.15) is 18.4 Å². The van der Waals surface area contributed by atoms with E-state index in [0.29, 0.717) is 49.9 Å². The Morgan fingerprint density at radius 3 is 2.58 bits per heavy atom. The van der Waals surface area contributed by atoms with Crippen molar-refractivity contribution in [1.29, 1.82) is 5.26 Å². The highest BCUT2D eigenvalue weighted by Crippen LogP contribution is 2.35. The molecule has 1 amide bonds. The predicted octanol–water partition coefficient (Wildman–Crippen LogP) is 7.04. The molecule has 0 radical (unpaired) electrons. The number of hydrogen-bond donors (Lipinski definition) is 2. The molecule has 0 bridgehead atoms. The van der Waals surface area contributed by atoms with Crippen molar-refractivity contribution < 1.29 is 9.53 Å². The molecule has 38 heavy (non-hydrogen) atoms. The van der Waals surface area contributed by atoms with Gasteiger partial charge in [0.05, 0.1) is 27.5 Å². The summed E-state index contributed by atoms with van der Waals surface area (Å²) in [6.45, 7) is 2.19. The van der Waals surface area contributed by atoms with E-state index in [1.807, 2.05) is 61.5 Å². The van der Waals surface area contributed by atoms with Gasteiger partial charge >= 0.3 is 0 Å². The highest BCUT2D eigenvalue weighted by Gasteiger charge is 2.15. The number of rotatable bonds is 7. The van der Waals surface area contributed by atoms with Gasteiger partial charge in [0.15, 0.2) is 0 Å². The van der Waals surface area contributed by atoms with Gasteiger partial charge in [-0.2, -0.15) is 5.26 Å². The van der Waals surface area contributed by atoms with Crippen molar-refractivity contribution in [2.75, 3.05) is 10.6 Å².